The van der Waals surface area contributed by atoms with E-state index in [4.69, 9.17) is 25.8 Å². The van der Waals surface area contributed by atoms with E-state index in [0.29, 0.717) is 41.0 Å². The van der Waals surface area contributed by atoms with Crippen LogP contribution in [0.25, 0.3) is 0 Å². The van der Waals surface area contributed by atoms with Crippen molar-refractivity contribution in [3.63, 3.8) is 0 Å². The number of halogens is 1. The fraction of sp³-hybridized carbons (Fsp3) is 0.350. The predicted octanol–water partition coefficient (Wildman–Crippen LogP) is 4.64. The number of carbonyl (C=O) groups is 1. The Hall–Kier alpha value is -2.40. The molecule has 0 heterocycles. The van der Waals surface area contributed by atoms with Gasteiger partial charge < -0.3 is 19.5 Å². The van der Waals surface area contributed by atoms with Gasteiger partial charge in [-0.3, -0.25) is 4.79 Å². The van der Waals surface area contributed by atoms with Crippen molar-refractivity contribution >= 4 is 17.5 Å². The molecule has 1 N–H and O–H groups in total. The van der Waals surface area contributed by atoms with E-state index in [2.05, 4.69) is 5.32 Å². The summed E-state index contributed by atoms with van der Waals surface area (Å²) >= 11 is 6.40. The third-order valence-corrected chi connectivity index (χ3v) is 4.16. The van der Waals surface area contributed by atoms with Gasteiger partial charge in [-0.1, -0.05) is 11.6 Å². The first-order valence-electron chi connectivity index (χ1n) is 8.54. The number of hydrogen-bond donors (Lipinski definition) is 1. The van der Waals surface area contributed by atoms with E-state index in [1.807, 2.05) is 26.8 Å². The molecule has 0 aliphatic rings. The second-order valence-corrected chi connectivity index (χ2v) is 6.02. The molecule has 1 amide bonds. The summed E-state index contributed by atoms with van der Waals surface area (Å²) in [5.74, 6) is 1.71. The molecule has 6 heteroatoms. The van der Waals surface area contributed by atoms with Crippen LogP contribution in [0.2, 0.25) is 5.02 Å². The van der Waals surface area contributed by atoms with Crippen LogP contribution in [-0.4, -0.2) is 26.2 Å². The van der Waals surface area contributed by atoms with Crippen molar-refractivity contribution < 1.29 is 19.0 Å². The van der Waals surface area contributed by atoms with Gasteiger partial charge >= 0.3 is 0 Å². The average molecular weight is 378 g/mol. The highest BCUT2D eigenvalue weighted by molar-refractivity contribution is 6.31. The number of benzene rings is 2. The molecule has 0 bridgehead atoms. The molecule has 0 radical (unpaired) electrons. The van der Waals surface area contributed by atoms with Gasteiger partial charge in [0.15, 0.2) is 11.5 Å². The Bertz CT molecular complexity index is 746. The van der Waals surface area contributed by atoms with Crippen molar-refractivity contribution in [1.29, 1.82) is 0 Å². The van der Waals surface area contributed by atoms with Crippen LogP contribution >= 0.6 is 11.6 Å². The van der Waals surface area contributed by atoms with Crippen LogP contribution in [0.4, 0.5) is 0 Å². The topological polar surface area (TPSA) is 56.8 Å². The normalized spacial score (nSPS) is 11.6. The molecule has 1 atom stereocenters. The van der Waals surface area contributed by atoms with Crippen molar-refractivity contribution in [2.75, 3.05) is 20.3 Å². The van der Waals surface area contributed by atoms with Crippen molar-refractivity contribution in [2.24, 2.45) is 0 Å². The molecule has 0 unspecified atom stereocenters. The summed E-state index contributed by atoms with van der Waals surface area (Å²) in [6.45, 7) is 6.69. The van der Waals surface area contributed by atoms with Gasteiger partial charge in [-0.2, -0.15) is 0 Å². The monoisotopic (exact) mass is 377 g/mol. The SMILES string of the molecule is CCOc1cc(Cl)c([C@@H](C)NC(=O)c2ccc(OC)cc2)cc1OCC. The molecule has 0 fully saturated rings. The fourth-order valence-electron chi connectivity index (χ4n) is 2.52. The maximum atomic E-state index is 12.5. The number of nitrogens with one attached hydrogen (secondary N) is 1. The minimum absolute atomic E-state index is 0.192. The molecular formula is C20H24ClNO4. The van der Waals surface area contributed by atoms with E-state index in [0.717, 1.165) is 5.56 Å². The molecule has 0 aliphatic heterocycles. The van der Waals surface area contributed by atoms with E-state index in [9.17, 15) is 4.79 Å². The van der Waals surface area contributed by atoms with Gasteiger partial charge in [-0.25, -0.2) is 0 Å². The zero-order valence-corrected chi connectivity index (χ0v) is 16.2. The lowest BCUT2D eigenvalue weighted by molar-refractivity contribution is 0.0940. The first-order chi connectivity index (χ1) is 12.5. The van der Waals surface area contributed by atoms with E-state index >= 15 is 0 Å². The molecule has 0 spiro atoms. The minimum atomic E-state index is -0.299. The predicted molar refractivity (Wildman–Crippen MR) is 103 cm³/mol. The lowest BCUT2D eigenvalue weighted by atomic mass is 10.1. The molecule has 140 valence electrons. The van der Waals surface area contributed by atoms with Crippen molar-refractivity contribution in [3.05, 3.63) is 52.5 Å². The Labute approximate surface area is 159 Å². The van der Waals surface area contributed by atoms with Gasteiger partial charge in [0.25, 0.3) is 5.91 Å². The first kappa shape index (κ1) is 19.9. The Morgan fingerprint density at radius 3 is 2.19 bits per heavy atom. The van der Waals surface area contributed by atoms with Crippen molar-refractivity contribution in [3.8, 4) is 17.2 Å². The number of amides is 1. The highest BCUT2D eigenvalue weighted by Gasteiger charge is 2.18. The summed E-state index contributed by atoms with van der Waals surface area (Å²) < 4.78 is 16.3. The molecule has 2 aromatic carbocycles. The molecule has 0 saturated carbocycles. The van der Waals surface area contributed by atoms with Gasteiger partial charge in [0.2, 0.25) is 0 Å². The van der Waals surface area contributed by atoms with Gasteiger partial charge in [0, 0.05) is 16.7 Å². The third kappa shape index (κ3) is 4.82. The number of hydrogen-bond acceptors (Lipinski definition) is 4. The Balaban J connectivity index is 2.20. The van der Waals surface area contributed by atoms with Crippen LogP contribution in [-0.2, 0) is 0 Å². The van der Waals surface area contributed by atoms with E-state index < -0.39 is 0 Å². The van der Waals surface area contributed by atoms with Crippen LogP contribution in [0.1, 0.15) is 42.7 Å². The second kappa shape index (κ2) is 9.34. The molecule has 2 aromatic rings. The highest BCUT2D eigenvalue weighted by atomic mass is 35.5. The Morgan fingerprint density at radius 1 is 1.08 bits per heavy atom. The zero-order chi connectivity index (χ0) is 19.1. The van der Waals surface area contributed by atoms with E-state index in [1.165, 1.54) is 0 Å². The third-order valence-electron chi connectivity index (χ3n) is 3.83. The summed E-state index contributed by atoms with van der Waals surface area (Å²) in [5.41, 5.74) is 1.31. The Kier molecular flexibility index (Phi) is 7.16. The van der Waals surface area contributed by atoms with Gasteiger partial charge in [-0.15, -0.1) is 0 Å². The van der Waals surface area contributed by atoms with E-state index in [1.54, 1.807) is 37.4 Å². The molecule has 5 nitrogen and oxygen atoms in total. The smallest absolute Gasteiger partial charge is 0.251 e. The average Bonchev–Trinajstić information content (AvgIpc) is 2.64. The van der Waals surface area contributed by atoms with Crippen LogP contribution in [0.5, 0.6) is 17.2 Å². The lowest BCUT2D eigenvalue weighted by Gasteiger charge is -2.19. The summed E-state index contributed by atoms with van der Waals surface area (Å²) in [4.78, 5) is 12.5. The quantitative estimate of drug-likeness (QED) is 0.728. The van der Waals surface area contributed by atoms with Crippen LogP contribution in [0, 0.1) is 0 Å². The van der Waals surface area contributed by atoms with Crippen LogP contribution in [0.15, 0.2) is 36.4 Å². The molecule has 26 heavy (non-hydrogen) atoms. The molecule has 0 aliphatic carbocycles. The lowest BCUT2D eigenvalue weighted by Crippen LogP contribution is -2.26. The van der Waals surface area contributed by atoms with Crippen LogP contribution in [0.3, 0.4) is 0 Å². The summed E-state index contributed by atoms with van der Waals surface area (Å²) in [6, 6.07) is 10.2. The summed E-state index contributed by atoms with van der Waals surface area (Å²) in [7, 11) is 1.58. The van der Waals surface area contributed by atoms with Gasteiger partial charge in [0.1, 0.15) is 5.75 Å². The minimum Gasteiger partial charge on any atom is -0.497 e. The van der Waals surface area contributed by atoms with Crippen LogP contribution < -0.4 is 19.5 Å². The largest absolute Gasteiger partial charge is 0.497 e. The first-order valence-corrected chi connectivity index (χ1v) is 8.91. The maximum Gasteiger partial charge on any atom is 0.251 e. The number of ether oxygens (including phenoxy) is 3. The van der Waals surface area contributed by atoms with Gasteiger partial charge in [-0.05, 0) is 56.7 Å². The molecule has 2 rings (SSSR count). The number of carbonyl (C=O) groups excluding carboxylic acids is 1. The number of methoxy groups -OCH3 is 1. The standard InChI is InChI=1S/C20H24ClNO4/c1-5-25-18-11-16(17(21)12-19(18)26-6-2)13(3)22-20(23)14-7-9-15(24-4)10-8-14/h7-13H,5-6H2,1-4H3,(H,22,23)/t13-/m1/s1. The molecular weight excluding hydrogens is 354 g/mol. The maximum absolute atomic E-state index is 12.5. The highest BCUT2D eigenvalue weighted by Crippen LogP contribution is 2.36. The molecule has 0 aromatic heterocycles. The van der Waals surface area contributed by atoms with Gasteiger partial charge in [0.05, 0.1) is 26.4 Å². The number of rotatable bonds is 8. The van der Waals surface area contributed by atoms with E-state index in [-0.39, 0.29) is 11.9 Å². The van der Waals surface area contributed by atoms with Crippen molar-refractivity contribution in [2.45, 2.75) is 26.8 Å². The summed E-state index contributed by atoms with van der Waals surface area (Å²) in [5, 5.41) is 3.46. The zero-order valence-electron chi connectivity index (χ0n) is 15.5. The summed E-state index contributed by atoms with van der Waals surface area (Å²) in [6.07, 6.45) is 0. The molecule has 0 saturated heterocycles. The Morgan fingerprint density at radius 2 is 1.65 bits per heavy atom. The van der Waals surface area contributed by atoms with Crippen molar-refractivity contribution in [1.82, 2.24) is 5.32 Å². The fourth-order valence-corrected chi connectivity index (χ4v) is 2.84. The second-order valence-electron chi connectivity index (χ2n) is 5.61.